The predicted molar refractivity (Wildman–Crippen MR) is 82.4 cm³/mol. The molecule has 22 heavy (non-hydrogen) atoms. The van der Waals surface area contributed by atoms with E-state index in [1.165, 1.54) is 0 Å². The van der Waals surface area contributed by atoms with Crippen molar-refractivity contribution in [3.63, 3.8) is 0 Å². The molecule has 114 valence electrons. The second-order valence-electron chi connectivity index (χ2n) is 5.87. The monoisotopic (exact) mass is 298 g/mol. The van der Waals surface area contributed by atoms with Crippen molar-refractivity contribution in [2.24, 2.45) is 0 Å². The molecule has 3 rings (SSSR count). The summed E-state index contributed by atoms with van der Waals surface area (Å²) < 4.78 is 10.7. The standard InChI is InChI=1S/C18H18O4/c1-12-3-6-14(7-4-12)18(2,17(19)20)10-13-5-8-15-16(9-13)22-11-21-15/h3-9H,10-11H2,1-2H3,(H,19,20). The summed E-state index contributed by atoms with van der Waals surface area (Å²) in [5.74, 6) is 0.541. The minimum Gasteiger partial charge on any atom is -0.481 e. The maximum absolute atomic E-state index is 11.9. The summed E-state index contributed by atoms with van der Waals surface area (Å²) in [7, 11) is 0. The van der Waals surface area contributed by atoms with Crippen molar-refractivity contribution in [1.29, 1.82) is 0 Å². The van der Waals surface area contributed by atoms with E-state index in [1.807, 2.05) is 49.4 Å². The molecule has 1 atom stereocenters. The van der Waals surface area contributed by atoms with E-state index in [9.17, 15) is 9.90 Å². The maximum atomic E-state index is 11.9. The second-order valence-corrected chi connectivity index (χ2v) is 5.87. The minimum atomic E-state index is -0.985. The van der Waals surface area contributed by atoms with Crippen LogP contribution in [0.1, 0.15) is 23.6 Å². The SMILES string of the molecule is Cc1ccc(C(C)(Cc2ccc3c(c2)OCO3)C(=O)O)cc1. The van der Waals surface area contributed by atoms with Gasteiger partial charge >= 0.3 is 5.97 Å². The highest BCUT2D eigenvalue weighted by Crippen LogP contribution is 2.35. The second kappa shape index (κ2) is 5.37. The normalized spacial score (nSPS) is 15.4. The van der Waals surface area contributed by atoms with Crippen LogP contribution in [0.5, 0.6) is 11.5 Å². The van der Waals surface area contributed by atoms with E-state index in [0.717, 1.165) is 16.7 Å². The highest BCUT2D eigenvalue weighted by atomic mass is 16.7. The fraction of sp³-hybridized carbons (Fsp3) is 0.278. The lowest BCUT2D eigenvalue weighted by Gasteiger charge is -2.26. The van der Waals surface area contributed by atoms with Crippen LogP contribution in [-0.2, 0) is 16.6 Å². The Bertz CT molecular complexity index is 706. The summed E-state index contributed by atoms with van der Waals surface area (Å²) >= 11 is 0. The lowest BCUT2D eigenvalue weighted by molar-refractivity contribution is -0.143. The molecule has 0 saturated carbocycles. The van der Waals surface area contributed by atoms with Gasteiger partial charge < -0.3 is 14.6 Å². The molecule has 0 aromatic heterocycles. The number of carbonyl (C=O) groups is 1. The molecule has 1 aliphatic rings. The number of carboxylic acid groups (broad SMARTS) is 1. The molecular weight excluding hydrogens is 280 g/mol. The predicted octanol–water partition coefficient (Wildman–Crippen LogP) is 3.31. The van der Waals surface area contributed by atoms with Crippen LogP contribution in [0, 0.1) is 6.92 Å². The van der Waals surface area contributed by atoms with Crippen LogP contribution >= 0.6 is 0 Å². The zero-order chi connectivity index (χ0) is 15.7. The Kier molecular flexibility index (Phi) is 3.53. The third-order valence-electron chi connectivity index (χ3n) is 4.16. The smallest absolute Gasteiger partial charge is 0.314 e. The van der Waals surface area contributed by atoms with Gasteiger partial charge in [-0.3, -0.25) is 4.79 Å². The van der Waals surface area contributed by atoms with Gasteiger partial charge in [0.25, 0.3) is 0 Å². The minimum absolute atomic E-state index is 0.215. The van der Waals surface area contributed by atoms with E-state index in [2.05, 4.69) is 0 Å². The van der Waals surface area contributed by atoms with Crippen LogP contribution < -0.4 is 9.47 Å². The number of rotatable bonds is 4. The lowest BCUT2D eigenvalue weighted by atomic mass is 9.77. The molecule has 2 aromatic rings. The summed E-state index contributed by atoms with van der Waals surface area (Å²) in [6.45, 7) is 3.96. The molecule has 1 heterocycles. The summed E-state index contributed by atoms with van der Waals surface area (Å²) in [4.78, 5) is 11.9. The molecule has 4 heteroatoms. The highest BCUT2D eigenvalue weighted by Gasteiger charge is 2.35. The van der Waals surface area contributed by atoms with Gasteiger partial charge in [0.2, 0.25) is 6.79 Å². The van der Waals surface area contributed by atoms with Gasteiger partial charge in [0.15, 0.2) is 11.5 Å². The third kappa shape index (κ3) is 2.52. The average molecular weight is 298 g/mol. The summed E-state index contributed by atoms with van der Waals surface area (Å²) in [6, 6.07) is 13.2. The van der Waals surface area contributed by atoms with Gasteiger partial charge in [-0.1, -0.05) is 35.9 Å². The largest absolute Gasteiger partial charge is 0.481 e. The first-order chi connectivity index (χ1) is 10.5. The van der Waals surface area contributed by atoms with Crippen LogP contribution in [0.2, 0.25) is 0 Å². The summed E-state index contributed by atoms with van der Waals surface area (Å²) in [5.41, 5.74) is 1.83. The van der Waals surface area contributed by atoms with Crippen molar-refractivity contribution in [2.75, 3.05) is 6.79 Å². The number of fused-ring (bicyclic) bond motifs is 1. The Morgan fingerprint density at radius 3 is 2.50 bits per heavy atom. The molecule has 0 saturated heterocycles. The zero-order valence-corrected chi connectivity index (χ0v) is 12.6. The van der Waals surface area contributed by atoms with Gasteiger partial charge in [0, 0.05) is 0 Å². The number of ether oxygens (including phenoxy) is 2. The van der Waals surface area contributed by atoms with Gasteiger partial charge in [-0.05, 0) is 43.5 Å². The molecular formula is C18H18O4. The maximum Gasteiger partial charge on any atom is 0.314 e. The molecule has 2 aromatic carbocycles. The topological polar surface area (TPSA) is 55.8 Å². The molecule has 0 spiro atoms. The number of benzene rings is 2. The molecule has 0 amide bonds. The van der Waals surface area contributed by atoms with Crippen molar-refractivity contribution in [3.05, 3.63) is 59.2 Å². The first-order valence-electron chi connectivity index (χ1n) is 7.18. The van der Waals surface area contributed by atoms with Gasteiger partial charge in [-0.15, -0.1) is 0 Å². The Hall–Kier alpha value is -2.49. The van der Waals surface area contributed by atoms with Crippen molar-refractivity contribution in [2.45, 2.75) is 25.7 Å². The number of hydrogen-bond acceptors (Lipinski definition) is 3. The zero-order valence-electron chi connectivity index (χ0n) is 12.6. The van der Waals surface area contributed by atoms with E-state index in [4.69, 9.17) is 9.47 Å². The van der Waals surface area contributed by atoms with E-state index in [0.29, 0.717) is 17.9 Å². The lowest BCUT2D eigenvalue weighted by Crippen LogP contribution is -2.34. The molecule has 4 nitrogen and oxygen atoms in total. The van der Waals surface area contributed by atoms with Crippen molar-refractivity contribution in [3.8, 4) is 11.5 Å². The van der Waals surface area contributed by atoms with E-state index < -0.39 is 11.4 Å². The fourth-order valence-corrected chi connectivity index (χ4v) is 2.68. The van der Waals surface area contributed by atoms with Crippen molar-refractivity contribution < 1.29 is 19.4 Å². The van der Waals surface area contributed by atoms with Crippen molar-refractivity contribution >= 4 is 5.97 Å². The Morgan fingerprint density at radius 1 is 1.14 bits per heavy atom. The van der Waals surface area contributed by atoms with Gasteiger partial charge in [-0.2, -0.15) is 0 Å². The molecule has 0 aliphatic carbocycles. The molecule has 0 radical (unpaired) electrons. The number of carboxylic acids is 1. The molecule has 1 aliphatic heterocycles. The third-order valence-corrected chi connectivity index (χ3v) is 4.16. The van der Waals surface area contributed by atoms with Crippen LogP contribution in [0.15, 0.2) is 42.5 Å². The van der Waals surface area contributed by atoms with Crippen LogP contribution in [0.25, 0.3) is 0 Å². The van der Waals surface area contributed by atoms with E-state index in [-0.39, 0.29) is 6.79 Å². The van der Waals surface area contributed by atoms with E-state index >= 15 is 0 Å². The van der Waals surface area contributed by atoms with Crippen molar-refractivity contribution in [1.82, 2.24) is 0 Å². The van der Waals surface area contributed by atoms with Gasteiger partial charge in [0.05, 0.1) is 5.41 Å². The van der Waals surface area contributed by atoms with Crippen LogP contribution in [-0.4, -0.2) is 17.9 Å². The van der Waals surface area contributed by atoms with Crippen LogP contribution in [0.4, 0.5) is 0 Å². The van der Waals surface area contributed by atoms with Crippen LogP contribution in [0.3, 0.4) is 0 Å². The molecule has 0 fully saturated rings. The fourth-order valence-electron chi connectivity index (χ4n) is 2.68. The number of aliphatic carboxylic acids is 1. The first kappa shape index (κ1) is 14.4. The molecule has 0 bridgehead atoms. The Morgan fingerprint density at radius 2 is 1.82 bits per heavy atom. The van der Waals surface area contributed by atoms with Gasteiger partial charge in [-0.25, -0.2) is 0 Å². The highest BCUT2D eigenvalue weighted by molar-refractivity contribution is 5.81. The molecule has 1 N–H and O–H groups in total. The average Bonchev–Trinajstić information content (AvgIpc) is 2.95. The first-order valence-corrected chi connectivity index (χ1v) is 7.18. The van der Waals surface area contributed by atoms with E-state index in [1.54, 1.807) is 6.92 Å². The van der Waals surface area contributed by atoms with Gasteiger partial charge in [0.1, 0.15) is 0 Å². The summed E-state index contributed by atoms with van der Waals surface area (Å²) in [6.07, 6.45) is 0.391. The number of hydrogen-bond donors (Lipinski definition) is 1. The summed E-state index contributed by atoms with van der Waals surface area (Å²) in [5, 5.41) is 9.75. The number of aryl methyl sites for hydroxylation is 1. The Labute approximate surface area is 129 Å². The molecule has 1 unspecified atom stereocenters. The Balaban J connectivity index is 1.94. The quantitative estimate of drug-likeness (QED) is 0.941.